The van der Waals surface area contributed by atoms with Gasteiger partial charge in [0.1, 0.15) is 5.75 Å². The number of unbranched alkanes of at least 4 members (excludes halogenated alkanes) is 1. The van der Waals surface area contributed by atoms with Crippen LogP contribution in [-0.4, -0.2) is 36.4 Å². The third-order valence-corrected chi connectivity index (χ3v) is 5.08. The van der Waals surface area contributed by atoms with E-state index in [9.17, 15) is 9.59 Å². The summed E-state index contributed by atoms with van der Waals surface area (Å²) in [5.41, 5.74) is 7.98. The number of hydrogen-bond acceptors (Lipinski definition) is 3. The average molecular weight is 378 g/mol. The van der Waals surface area contributed by atoms with Crippen molar-refractivity contribution in [3.05, 3.63) is 65.7 Å². The molecular formula is C23H26N2O3. The van der Waals surface area contributed by atoms with Crippen LogP contribution in [0.2, 0.25) is 0 Å². The van der Waals surface area contributed by atoms with Gasteiger partial charge in [-0.05, 0) is 42.3 Å². The molecule has 146 valence electrons. The van der Waals surface area contributed by atoms with E-state index >= 15 is 0 Å². The summed E-state index contributed by atoms with van der Waals surface area (Å²) in [5.74, 6) is 0.134. The molecule has 2 aromatic carbocycles. The van der Waals surface area contributed by atoms with Gasteiger partial charge in [-0.25, -0.2) is 0 Å². The normalized spacial score (nSPS) is 15.6. The van der Waals surface area contributed by atoms with E-state index in [1.54, 1.807) is 25.3 Å². The zero-order valence-corrected chi connectivity index (χ0v) is 16.4. The van der Waals surface area contributed by atoms with Crippen LogP contribution in [0, 0.1) is 0 Å². The number of carbonyl (C=O) groups excluding carboxylic acids is 2. The Kier molecular flexibility index (Phi) is 6.14. The smallest absolute Gasteiger partial charge is 0.254 e. The first-order chi connectivity index (χ1) is 13.5. The topological polar surface area (TPSA) is 72.6 Å². The number of methoxy groups -OCH3 is 1. The van der Waals surface area contributed by atoms with Gasteiger partial charge < -0.3 is 15.4 Å². The van der Waals surface area contributed by atoms with Gasteiger partial charge in [0.25, 0.3) is 5.91 Å². The van der Waals surface area contributed by atoms with Crippen molar-refractivity contribution in [1.82, 2.24) is 4.90 Å². The molecule has 0 saturated carbocycles. The lowest BCUT2D eigenvalue weighted by Gasteiger charge is -2.25. The Labute approximate surface area is 165 Å². The third-order valence-electron chi connectivity index (χ3n) is 5.08. The molecule has 2 N–H and O–H groups in total. The Balaban J connectivity index is 1.92. The molecule has 1 aliphatic heterocycles. The number of carbonyl (C=O) groups is 2. The lowest BCUT2D eigenvalue weighted by molar-refractivity contribution is 0.0743. The molecule has 1 atom stereocenters. The molecule has 0 saturated heterocycles. The number of benzene rings is 2. The van der Waals surface area contributed by atoms with Gasteiger partial charge in [-0.15, -0.1) is 0 Å². The zero-order chi connectivity index (χ0) is 20.1. The van der Waals surface area contributed by atoms with Gasteiger partial charge in [0.2, 0.25) is 5.91 Å². The average Bonchev–Trinajstić information content (AvgIpc) is 3.19. The highest BCUT2D eigenvalue weighted by molar-refractivity contribution is 5.97. The first kappa shape index (κ1) is 19.7. The quantitative estimate of drug-likeness (QED) is 0.739. The summed E-state index contributed by atoms with van der Waals surface area (Å²) >= 11 is 0. The molecular weight excluding hydrogens is 352 g/mol. The highest BCUT2D eigenvalue weighted by atomic mass is 16.5. The second-order valence-corrected chi connectivity index (χ2v) is 6.96. The van der Waals surface area contributed by atoms with Crippen LogP contribution in [0.1, 0.15) is 46.9 Å². The molecule has 0 spiro atoms. The fourth-order valence-electron chi connectivity index (χ4n) is 3.54. The van der Waals surface area contributed by atoms with Gasteiger partial charge in [-0.3, -0.25) is 9.59 Å². The van der Waals surface area contributed by atoms with Crippen LogP contribution in [0.25, 0.3) is 11.1 Å². The molecule has 2 amide bonds. The molecule has 0 bridgehead atoms. The van der Waals surface area contributed by atoms with Crippen LogP contribution in [0.15, 0.2) is 54.6 Å². The number of primary amides is 1. The van der Waals surface area contributed by atoms with Crippen LogP contribution in [0.5, 0.6) is 5.75 Å². The van der Waals surface area contributed by atoms with Crippen molar-refractivity contribution in [3.8, 4) is 16.9 Å². The van der Waals surface area contributed by atoms with Crippen molar-refractivity contribution >= 4 is 11.8 Å². The first-order valence-electron chi connectivity index (χ1n) is 9.61. The van der Waals surface area contributed by atoms with Crippen LogP contribution in [-0.2, 0) is 0 Å². The SMILES string of the molecule is CCCCC1C=CCN1C(=O)c1cccc(-c2cc(C(N)=O)ccc2OC)c1. The Bertz CT molecular complexity index is 904. The van der Waals surface area contributed by atoms with Crippen LogP contribution >= 0.6 is 0 Å². The van der Waals surface area contributed by atoms with Crippen molar-refractivity contribution in [2.75, 3.05) is 13.7 Å². The van der Waals surface area contributed by atoms with E-state index in [0.717, 1.165) is 30.4 Å². The fraction of sp³-hybridized carbons (Fsp3) is 0.304. The predicted molar refractivity (Wildman–Crippen MR) is 110 cm³/mol. The van der Waals surface area contributed by atoms with Crippen LogP contribution < -0.4 is 10.5 Å². The molecule has 28 heavy (non-hydrogen) atoms. The van der Waals surface area contributed by atoms with Gasteiger partial charge >= 0.3 is 0 Å². The third kappa shape index (κ3) is 4.09. The van der Waals surface area contributed by atoms with E-state index in [-0.39, 0.29) is 11.9 Å². The second-order valence-electron chi connectivity index (χ2n) is 6.96. The summed E-state index contributed by atoms with van der Waals surface area (Å²) in [7, 11) is 1.58. The van der Waals surface area contributed by atoms with E-state index in [0.29, 0.717) is 23.4 Å². The number of hydrogen-bond donors (Lipinski definition) is 1. The van der Waals surface area contributed by atoms with Crippen molar-refractivity contribution in [2.24, 2.45) is 5.73 Å². The lowest BCUT2D eigenvalue weighted by Crippen LogP contribution is -2.36. The molecule has 3 rings (SSSR count). The summed E-state index contributed by atoms with van der Waals surface area (Å²) < 4.78 is 5.44. The molecule has 5 nitrogen and oxygen atoms in total. The number of amides is 2. The summed E-state index contributed by atoms with van der Waals surface area (Å²) in [6.45, 7) is 2.79. The van der Waals surface area contributed by atoms with Crippen molar-refractivity contribution in [3.63, 3.8) is 0 Å². The number of nitrogens with two attached hydrogens (primary N) is 1. The van der Waals surface area contributed by atoms with Gasteiger partial charge in [0.15, 0.2) is 0 Å². The van der Waals surface area contributed by atoms with Gasteiger partial charge in [-0.2, -0.15) is 0 Å². The molecule has 0 aliphatic carbocycles. The van der Waals surface area contributed by atoms with Gasteiger partial charge in [-0.1, -0.05) is 44.1 Å². The van der Waals surface area contributed by atoms with Gasteiger partial charge in [0.05, 0.1) is 13.2 Å². The maximum Gasteiger partial charge on any atom is 0.254 e. The minimum Gasteiger partial charge on any atom is -0.496 e. The van der Waals surface area contributed by atoms with E-state index in [1.165, 1.54) is 0 Å². The fourth-order valence-corrected chi connectivity index (χ4v) is 3.54. The van der Waals surface area contributed by atoms with Crippen LogP contribution in [0.3, 0.4) is 0 Å². The van der Waals surface area contributed by atoms with E-state index in [2.05, 4.69) is 19.1 Å². The number of ether oxygens (including phenoxy) is 1. The van der Waals surface area contributed by atoms with Crippen molar-refractivity contribution in [1.29, 1.82) is 0 Å². The Hall–Kier alpha value is -3.08. The van der Waals surface area contributed by atoms with Crippen LogP contribution in [0.4, 0.5) is 0 Å². The standard InChI is InChI=1S/C23H26N2O3/c1-3-4-9-19-10-6-13-25(19)23(27)18-8-5-7-16(14-18)20-15-17(22(24)26)11-12-21(20)28-2/h5-8,10-12,14-15,19H,3-4,9,13H2,1-2H3,(H2,24,26). The highest BCUT2D eigenvalue weighted by Gasteiger charge is 2.25. The zero-order valence-electron chi connectivity index (χ0n) is 16.4. The molecule has 0 radical (unpaired) electrons. The summed E-state index contributed by atoms with van der Waals surface area (Å²) in [6, 6.07) is 12.6. The molecule has 0 aromatic heterocycles. The number of rotatable bonds is 7. The molecule has 1 aliphatic rings. The predicted octanol–water partition coefficient (Wildman–Crippen LogP) is 4.03. The molecule has 1 heterocycles. The molecule has 5 heteroatoms. The molecule has 2 aromatic rings. The largest absolute Gasteiger partial charge is 0.496 e. The van der Waals surface area contributed by atoms with E-state index in [1.807, 2.05) is 29.2 Å². The molecule has 0 fully saturated rings. The minimum atomic E-state index is -0.502. The lowest BCUT2D eigenvalue weighted by atomic mass is 9.99. The highest BCUT2D eigenvalue weighted by Crippen LogP contribution is 2.32. The Morgan fingerprint density at radius 1 is 1.18 bits per heavy atom. The van der Waals surface area contributed by atoms with Crippen molar-refractivity contribution < 1.29 is 14.3 Å². The Morgan fingerprint density at radius 3 is 2.71 bits per heavy atom. The minimum absolute atomic E-state index is 0.0120. The Morgan fingerprint density at radius 2 is 2.00 bits per heavy atom. The maximum atomic E-state index is 13.1. The summed E-state index contributed by atoms with van der Waals surface area (Å²) in [6.07, 6.45) is 7.36. The first-order valence-corrected chi connectivity index (χ1v) is 9.61. The molecule has 1 unspecified atom stereocenters. The van der Waals surface area contributed by atoms with Gasteiger partial charge in [0, 0.05) is 23.2 Å². The van der Waals surface area contributed by atoms with E-state index < -0.39 is 5.91 Å². The summed E-state index contributed by atoms with van der Waals surface area (Å²) in [5, 5.41) is 0. The maximum absolute atomic E-state index is 13.1. The van der Waals surface area contributed by atoms with E-state index in [4.69, 9.17) is 10.5 Å². The number of nitrogens with zero attached hydrogens (tertiary/aromatic N) is 1. The second kappa shape index (κ2) is 8.74. The summed E-state index contributed by atoms with van der Waals surface area (Å²) in [4.78, 5) is 26.6. The van der Waals surface area contributed by atoms with Crippen molar-refractivity contribution in [2.45, 2.75) is 32.2 Å². The monoisotopic (exact) mass is 378 g/mol.